The van der Waals surface area contributed by atoms with Gasteiger partial charge in [-0.15, -0.1) is 6.42 Å². The summed E-state index contributed by atoms with van der Waals surface area (Å²) in [6.07, 6.45) is 11.0. The standard InChI is InChI=1S/C26H24N2OS/c1-2-16-30-25-27-23-21-13-7-6-12-20(21)17-26(14-8-9-15-26)22(23)24(29)28(25)18-19-10-4-3-5-11-19/h1,3-7,10-13H,8-9,14-18H2. The normalized spacial score (nSPS) is 16.1. The monoisotopic (exact) mass is 412 g/mol. The van der Waals surface area contributed by atoms with Crippen molar-refractivity contribution < 1.29 is 0 Å². The van der Waals surface area contributed by atoms with Gasteiger partial charge in [-0.05, 0) is 30.4 Å². The van der Waals surface area contributed by atoms with Crippen molar-refractivity contribution in [1.82, 2.24) is 9.55 Å². The Hall–Kier alpha value is -2.77. The molecule has 1 aromatic heterocycles. The average molecular weight is 413 g/mol. The third-order valence-electron chi connectivity index (χ3n) is 6.49. The van der Waals surface area contributed by atoms with Crippen LogP contribution in [0.15, 0.2) is 64.5 Å². The summed E-state index contributed by atoms with van der Waals surface area (Å²) in [7, 11) is 0. The predicted octanol–water partition coefficient (Wildman–Crippen LogP) is 5.05. The fourth-order valence-electron chi connectivity index (χ4n) is 5.17. The zero-order chi connectivity index (χ0) is 20.6. The Labute approximate surface area is 181 Å². The van der Waals surface area contributed by atoms with Crippen LogP contribution in [0.4, 0.5) is 0 Å². The van der Waals surface area contributed by atoms with E-state index in [1.54, 1.807) is 0 Å². The molecule has 1 heterocycles. The molecule has 1 spiro atoms. The molecule has 0 amide bonds. The molecular formula is C26H24N2OS. The lowest BCUT2D eigenvalue weighted by atomic mass is 9.68. The van der Waals surface area contributed by atoms with Crippen molar-refractivity contribution in [1.29, 1.82) is 0 Å². The van der Waals surface area contributed by atoms with Gasteiger partial charge in [0.15, 0.2) is 5.16 Å². The summed E-state index contributed by atoms with van der Waals surface area (Å²) in [5.74, 6) is 3.17. The van der Waals surface area contributed by atoms with Crippen LogP contribution in [-0.4, -0.2) is 15.3 Å². The highest BCUT2D eigenvalue weighted by Gasteiger charge is 2.44. The van der Waals surface area contributed by atoms with Crippen molar-refractivity contribution >= 4 is 11.8 Å². The largest absolute Gasteiger partial charge is 0.283 e. The molecule has 4 heteroatoms. The lowest BCUT2D eigenvalue weighted by Gasteiger charge is -2.36. The topological polar surface area (TPSA) is 34.9 Å². The summed E-state index contributed by atoms with van der Waals surface area (Å²) in [5, 5.41) is 0.713. The van der Waals surface area contributed by atoms with Gasteiger partial charge in [-0.2, -0.15) is 0 Å². The van der Waals surface area contributed by atoms with E-state index >= 15 is 0 Å². The smallest absolute Gasteiger partial charge is 0.258 e. The van der Waals surface area contributed by atoms with Crippen LogP contribution < -0.4 is 5.56 Å². The Morgan fingerprint density at radius 2 is 1.80 bits per heavy atom. The van der Waals surface area contributed by atoms with Crippen LogP contribution in [0.2, 0.25) is 0 Å². The molecule has 3 nitrogen and oxygen atoms in total. The van der Waals surface area contributed by atoms with Gasteiger partial charge in [-0.3, -0.25) is 9.36 Å². The van der Waals surface area contributed by atoms with Gasteiger partial charge in [0.1, 0.15) is 0 Å². The maximum absolute atomic E-state index is 14.0. The zero-order valence-electron chi connectivity index (χ0n) is 16.9. The van der Waals surface area contributed by atoms with Gasteiger partial charge in [0.25, 0.3) is 5.56 Å². The number of hydrogen-bond donors (Lipinski definition) is 0. The molecule has 2 aliphatic rings. The number of rotatable bonds is 4. The van der Waals surface area contributed by atoms with Crippen LogP contribution in [0, 0.1) is 12.3 Å². The summed E-state index contributed by atoms with van der Waals surface area (Å²) in [4.78, 5) is 19.1. The van der Waals surface area contributed by atoms with E-state index in [4.69, 9.17) is 11.4 Å². The Balaban J connectivity index is 1.76. The number of benzene rings is 2. The van der Waals surface area contributed by atoms with Crippen molar-refractivity contribution in [2.24, 2.45) is 0 Å². The first-order valence-corrected chi connectivity index (χ1v) is 11.5. The molecule has 150 valence electrons. The molecule has 0 aliphatic heterocycles. The Morgan fingerprint density at radius 1 is 1.07 bits per heavy atom. The summed E-state index contributed by atoms with van der Waals surface area (Å²) < 4.78 is 1.85. The fraction of sp³-hybridized carbons (Fsp3) is 0.308. The highest BCUT2D eigenvalue weighted by atomic mass is 32.2. The first kappa shape index (κ1) is 19.2. The van der Waals surface area contributed by atoms with E-state index in [2.05, 4.69) is 36.3 Å². The minimum Gasteiger partial charge on any atom is -0.283 e. The average Bonchev–Trinajstić information content (AvgIpc) is 3.23. The molecule has 1 fully saturated rings. The molecule has 0 unspecified atom stereocenters. The van der Waals surface area contributed by atoms with E-state index in [1.807, 2.05) is 28.8 Å². The van der Waals surface area contributed by atoms with Crippen LogP contribution in [-0.2, 0) is 18.4 Å². The highest BCUT2D eigenvalue weighted by Crippen LogP contribution is 2.49. The lowest BCUT2D eigenvalue weighted by molar-refractivity contribution is 0.417. The second kappa shape index (κ2) is 7.81. The van der Waals surface area contributed by atoms with Gasteiger partial charge in [-0.25, -0.2) is 4.98 Å². The number of thioether (sulfide) groups is 1. The van der Waals surface area contributed by atoms with E-state index in [9.17, 15) is 4.79 Å². The first-order chi connectivity index (χ1) is 14.7. The van der Waals surface area contributed by atoms with Gasteiger partial charge in [0.2, 0.25) is 0 Å². The second-order valence-corrected chi connectivity index (χ2v) is 9.25. The number of terminal acetylenes is 1. The van der Waals surface area contributed by atoms with Crippen molar-refractivity contribution in [3.8, 4) is 23.6 Å². The molecule has 0 saturated heterocycles. The maximum Gasteiger partial charge on any atom is 0.258 e. The minimum absolute atomic E-state index is 0.0818. The molecule has 2 aromatic carbocycles. The quantitative estimate of drug-likeness (QED) is 0.342. The number of aromatic nitrogens is 2. The molecule has 3 aromatic rings. The molecule has 0 atom stereocenters. The maximum atomic E-state index is 14.0. The summed E-state index contributed by atoms with van der Waals surface area (Å²) in [6, 6.07) is 18.6. The molecule has 2 aliphatic carbocycles. The van der Waals surface area contributed by atoms with Gasteiger partial charge in [0.05, 0.1) is 23.6 Å². The SMILES string of the molecule is C#CCSc1nc2c(c(=O)n1Cc1ccccc1)C1(CCCC1)Cc1ccccc1-2. The third-order valence-corrected chi connectivity index (χ3v) is 7.38. The molecular weight excluding hydrogens is 388 g/mol. The molecule has 30 heavy (non-hydrogen) atoms. The van der Waals surface area contributed by atoms with Crippen molar-refractivity contribution in [3.63, 3.8) is 0 Å². The number of hydrogen-bond acceptors (Lipinski definition) is 3. The molecule has 0 radical (unpaired) electrons. The summed E-state index contributed by atoms with van der Waals surface area (Å²) in [5.41, 5.74) is 5.36. The minimum atomic E-state index is -0.0818. The summed E-state index contributed by atoms with van der Waals surface area (Å²) in [6.45, 7) is 0.518. The first-order valence-electron chi connectivity index (χ1n) is 10.6. The zero-order valence-corrected chi connectivity index (χ0v) is 17.8. The van der Waals surface area contributed by atoms with Crippen LogP contribution in [0.5, 0.6) is 0 Å². The van der Waals surface area contributed by atoms with Gasteiger partial charge in [0, 0.05) is 11.0 Å². The van der Waals surface area contributed by atoms with E-state index in [1.165, 1.54) is 30.2 Å². The van der Waals surface area contributed by atoms with Crippen LogP contribution >= 0.6 is 11.8 Å². The van der Waals surface area contributed by atoms with Gasteiger partial charge >= 0.3 is 0 Å². The molecule has 0 N–H and O–H groups in total. The van der Waals surface area contributed by atoms with Crippen molar-refractivity contribution in [2.45, 2.75) is 49.2 Å². The number of nitrogens with zero attached hydrogens (tertiary/aromatic N) is 2. The van der Waals surface area contributed by atoms with Crippen LogP contribution in [0.1, 0.15) is 42.4 Å². The fourth-order valence-corrected chi connectivity index (χ4v) is 5.84. The van der Waals surface area contributed by atoms with Gasteiger partial charge in [-0.1, -0.05) is 85.1 Å². The highest BCUT2D eigenvalue weighted by molar-refractivity contribution is 7.99. The molecule has 5 rings (SSSR count). The van der Waals surface area contributed by atoms with Crippen LogP contribution in [0.25, 0.3) is 11.3 Å². The van der Waals surface area contributed by atoms with E-state index in [0.717, 1.165) is 41.6 Å². The lowest BCUT2D eigenvalue weighted by Crippen LogP contribution is -2.40. The van der Waals surface area contributed by atoms with Gasteiger partial charge < -0.3 is 0 Å². The van der Waals surface area contributed by atoms with E-state index in [-0.39, 0.29) is 11.0 Å². The second-order valence-electron chi connectivity index (χ2n) is 8.31. The molecule has 1 saturated carbocycles. The molecule has 0 bridgehead atoms. The Bertz CT molecular complexity index is 1180. The van der Waals surface area contributed by atoms with E-state index < -0.39 is 0 Å². The van der Waals surface area contributed by atoms with Crippen LogP contribution in [0.3, 0.4) is 0 Å². The van der Waals surface area contributed by atoms with Crippen molar-refractivity contribution in [3.05, 3.63) is 81.6 Å². The third kappa shape index (κ3) is 3.18. The number of fused-ring (bicyclic) bond motifs is 4. The summed E-state index contributed by atoms with van der Waals surface area (Å²) >= 11 is 1.47. The van der Waals surface area contributed by atoms with Crippen molar-refractivity contribution in [2.75, 3.05) is 5.75 Å². The Morgan fingerprint density at radius 3 is 2.57 bits per heavy atom. The van der Waals surface area contributed by atoms with E-state index in [0.29, 0.717) is 17.5 Å². The Kier molecular flexibility index (Phi) is 5.00. The predicted molar refractivity (Wildman–Crippen MR) is 123 cm³/mol.